The predicted octanol–water partition coefficient (Wildman–Crippen LogP) is 4.37. The number of ketones is 1. The lowest BCUT2D eigenvalue weighted by Gasteiger charge is -2.51. The molecule has 0 aromatic heterocycles. The van der Waals surface area contributed by atoms with Crippen LogP contribution >= 0.6 is 10.9 Å². The molecule has 0 aliphatic carbocycles. The second-order valence-electron chi connectivity index (χ2n) is 8.82. The van der Waals surface area contributed by atoms with E-state index >= 15 is 0 Å². The van der Waals surface area contributed by atoms with Gasteiger partial charge in [-0.3, -0.25) is 4.79 Å². The van der Waals surface area contributed by atoms with Gasteiger partial charge in [-0.2, -0.15) is 0 Å². The van der Waals surface area contributed by atoms with Gasteiger partial charge in [0.1, 0.15) is 24.1 Å². The summed E-state index contributed by atoms with van der Waals surface area (Å²) in [5, 5.41) is 0.216. The number of carbonyl (C=O) groups is 2. The van der Waals surface area contributed by atoms with Gasteiger partial charge < -0.3 is 23.7 Å². The number of Topliss-reactive ketones (excluding diaryl/α,β-unsaturated/α-hetero) is 1. The fourth-order valence-corrected chi connectivity index (χ4v) is 7.27. The van der Waals surface area contributed by atoms with Crippen LogP contribution in [-0.2, 0) is 35.1 Å². The number of carbonyl (C=O) groups excluding carboxylic acids is 2. The Morgan fingerprint density at radius 2 is 1.74 bits per heavy atom. The number of hydrogen-bond donors (Lipinski definition) is 1. The number of rotatable bonds is 9. The van der Waals surface area contributed by atoms with Gasteiger partial charge in [0.15, 0.2) is 6.29 Å². The molecule has 2 aromatic rings. The first-order chi connectivity index (χ1) is 16.5. The van der Waals surface area contributed by atoms with Gasteiger partial charge in [-0.05, 0) is 18.2 Å². The molecule has 34 heavy (non-hydrogen) atoms. The summed E-state index contributed by atoms with van der Waals surface area (Å²) in [5.74, 6) is 1.36. The van der Waals surface area contributed by atoms with Crippen LogP contribution in [0.4, 0.5) is 0 Å². The normalized spacial score (nSPS) is 29.7. The Morgan fingerprint density at radius 3 is 2.41 bits per heavy atom. The number of fused-ring (bicyclic) bond motifs is 1. The van der Waals surface area contributed by atoms with E-state index in [0.717, 1.165) is 22.6 Å². The zero-order chi connectivity index (χ0) is 23.9. The monoisotopic (exact) mass is 486 g/mol. The zero-order valence-corrected chi connectivity index (χ0v) is 20.7. The lowest BCUT2D eigenvalue weighted by atomic mass is 10.0. The number of thiol groups is 1. The van der Waals surface area contributed by atoms with Crippen molar-refractivity contribution in [2.75, 3.05) is 18.1 Å². The summed E-state index contributed by atoms with van der Waals surface area (Å²) >= 11 is 0. The quantitative estimate of drug-likeness (QED) is 0.419. The zero-order valence-electron chi connectivity index (χ0n) is 19.8. The van der Waals surface area contributed by atoms with Crippen molar-refractivity contribution in [3.05, 3.63) is 71.8 Å². The average Bonchev–Trinajstić information content (AvgIpc) is 2.87. The fraction of sp³-hybridized carbons (Fsp3) is 0.481. The Bertz CT molecular complexity index is 937. The Morgan fingerprint density at radius 1 is 1.03 bits per heavy atom. The van der Waals surface area contributed by atoms with Crippen molar-refractivity contribution in [3.63, 3.8) is 0 Å². The molecule has 0 bridgehead atoms. The van der Waals surface area contributed by atoms with Gasteiger partial charge in [0.2, 0.25) is 0 Å². The highest BCUT2D eigenvalue weighted by molar-refractivity contribution is 8.17. The molecule has 2 aromatic carbocycles. The second kappa shape index (κ2) is 12.0. The van der Waals surface area contributed by atoms with Crippen LogP contribution in [0.3, 0.4) is 0 Å². The lowest BCUT2D eigenvalue weighted by molar-refractivity contribution is -0.254. The standard InChI is InChI=1S/C27H34O6S/c1-3-34-18-22(32-24(29)15-14-19(2)28)25(30-16-20-10-6-4-7-11-20)26-23(34)17-31-27(33-26)21-12-8-5-9-13-21/h4-13,22-23,25-27,34H,3,14-18H2,1-2H3/t22-,23+,25-,26-,27+/m0/s1. The summed E-state index contributed by atoms with van der Waals surface area (Å²) in [6.07, 6.45) is -1.27. The molecule has 0 radical (unpaired) electrons. The minimum absolute atomic E-state index is 0.0215. The third kappa shape index (κ3) is 6.27. The highest BCUT2D eigenvalue weighted by Crippen LogP contribution is 2.47. The van der Waals surface area contributed by atoms with Gasteiger partial charge in [0.05, 0.1) is 19.6 Å². The molecule has 2 heterocycles. The SMILES string of the molecule is CC[SH]1C[C@H](OC(=O)CCC(C)=O)[C@H](OCc2ccccc2)[C@H]2O[C@H](c3ccccc3)OC[C@H]21. The van der Waals surface area contributed by atoms with Crippen molar-refractivity contribution in [2.24, 2.45) is 0 Å². The molecule has 2 aliphatic rings. The molecule has 0 saturated carbocycles. The highest BCUT2D eigenvalue weighted by Gasteiger charge is 2.49. The Kier molecular flexibility index (Phi) is 8.78. The van der Waals surface area contributed by atoms with Crippen LogP contribution < -0.4 is 0 Å². The lowest BCUT2D eigenvalue weighted by Crippen LogP contribution is -2.58. The molecular formula is C27H34O6S. The number of hydrogen-bond acceptors (Lipinski definition) is 6. The maximum Gasteiger partial charge on any atom is 0.306 e. The van der Waals surface area contributed by atoms with Crippen LogP contribution in [0, 0.1) is 0 Å². The Balaban J connectivity index is 1.56. The number of esters is 1. The van der Waals surface area contributed by atoms with E-state index in [-0.39, 0.29) is 35.9 Å². The van der Waals surface area contributed by atoms with Gasteiger partial charge in [0.25, 0.3) is 0 Å². The molecule has 2 fully saturated rings. The van der Waals surface area contributed by atoms with Crippen LogP contribution in [0.25, 0.3) is 0 Å². The maximum atomic E-state index is 12.6. The molecule has 0 N–H and O–H groups in total. The first-order valence-corrected chi connectivity index (χ1v) is 13.7. The molecule has 0 spiro atoms. The van der Waals surface area contributed by atoms with Crippen LogP contribution in [0.15, 0.2) is 60.7 Å². The molecule has 0 amide bonds. The third-order valence-electron chi connectivity index (χ3n) is 6.38. The Hall–Kier alpha value is -2.19. The van der Waals surface area contributed by atoms with Crippen molar-refractivity contribution >= 4 is 22.6 Å². The van der Waals surface area contributed by atoms with Gasteiger partial charge in [0, 0.05) is 23.0 Å². The molecule has 6 nitrogen and oxygen atoms in total. The van der Waals surface area contributed by atoms with E-state index in [1.54, 1.807) is 0 Å². The summed E-state index contributed by atoms with van der Waals surface area (Å²) in [4.78, 5) is 23.9. The number of ether oxygens (including phenoxy) is 4. The second-order valence-corrected chi connectivity index (χ2v) is 11.7. The fourth-order valence-electron chi connectivity index (χ4n) is 4.57. The van der Waals surface area contributed by atoms with Crippen LogP contribution in [0.2, 0.25) is 0 Å². The van der Waals surface area contributed by atoms with Crippen LogP contribution in [0.5, 0.6) is 0 Å². The smallest absolute Gasteiger partial charge is 0.306 e. The molecular weight excluding hydrogens is 452 g/mol. The Labute approximate surface area is 204 Å². The maximum absolute atomic E-state index is 12.6. The number of benzene rings is 2. The summed E-state index contributed by atoms with van der Waals surface area (Å²) in [6.45, 7) is 4.66. The van der Waals surface area contributed by atoms with E-state index in [4.69, 9.17) is 18.9 Å². The summed E-state index contributed by atoms with van der Waals surface area (Å²) in [6, 6.07) is 19.9. The molecule has 6 atom stereocenters. The first kappa shape index (κ1) is 24.9. The van der Waals surface area contributed by atoms with Crippen molar-refractivity contribution in [1.82, 2.24) is 0 Å². The molecule has 2 aliphatic heterocycles. The average molecular weight is 487 g/mol. The van der Waals surface area contributed by atoms with Gasteiger partial charge >= 0.3 is 5.97 Å². The summed E-state index contributed by atoms with van der Waals surface area (Å²) in [7, 11) is -0.472. The summed E-state index contributed by atoms with van der Waals surface area (Å²) < 4.78 is 25.1. The molecule has 2 saturated heterocycles. The van der Waals surface area contributed by atoms with E-state index in [2.05, 4.69) is 6.92 Å². The summed E-state index contributed by atoms with van der Waals surface area (Å²) in [5.41, 5.74) is 2.01. The van der Waals surface area contributed by atoms with Crippen molar-refractivity contribution in [1.29, 1.82) is 0 Å². The van der Waals surface area contributed by atoms with E-state index in [1.165, 1.54) is 6.92 Å². The van der Waals surface area contributed by atoms with Crippen molar-refractivity contribution in [2.45, 2.75) is 63.1 Å². The van der Waals surface area contributed by atoms with Crippen LogP contribution in [-0.4, -0.2) is 53.4 Å². The topological polar surface area (TPSA) is 71.1 Å². The third-order valence-corrected chi connectivity index (χ3v) is 9.40. The van der Waals surface area contributed by atoms with E-state index < -0.39 is 29.4 Å². The molecule has 1 unspecified atom stereocenters. The van der Waals surface area contributed by atoms with Crippen LogP contribution in [0.1, 0.15) is 44.1 Å². The van der Waals surface area contributed by atoms with E-state index in [0.29, 0.717) is 13.2 Å². The minimum atomic E-state index is -0.480. The first-order valence-electron chi connectivity index (χ1n) is 12.0. The van der Waals surface area contributed by atoms with Crippen molar-refractivity contribution < 1.29 is 28.5 Å². The minimum Gasteiger partial charge on any atom is -0.459 e. The van der Waals surface area contributed by atoms with Crippen molar-refractivity contribution in [3.8, 4) is 0 Å². The molecule has 184 valence electrons. The van der Waals surface area contributed by atoms with E-state index in [9.17, 15) is 9.59 Å². The van der Waals surface area contributed by atoms with Gasteiger partial charge in [-0.25, -0.2) is 10.9 Å². The van der Waals surface area contributed by atoms with Gasteiger partial charge in [-0.15, -0.1) is 0 Å². The van der Waals surface area contributed by atoms with E-state index in [1.807, 2.05) is 60.7 Å². The molecule has 4 rings (SSSR count). The molecule has 7 heteroatoms. The largest absolute Gasteiger partial charge is 0.459 e. The predicted molar refractivity (Wildman–Crippen MR) is 133 cm³/mol. The highest BCUT2D eigenvalue weighted by atomic mass is 32.2. The van der Waals surface area contributed by atoms with Gasteiger partial charge in [-0.1, -0.05) is 67.6 Å².